The fourth-order valence-corrected chi connectivity index (χ4v) is 4.90. The quantitative estimate of drug-likeness (QED) is 0.289. The zero-order valence-electron chi connectivity index (χ0n) is 19.0. The third-order valence-corrected chi connectivity index (χ3v) is 6.42. The summed E-state index contributed by atoms with van der Waals surface area (Å²) in [4.78, 5) is 41.6. The molecule has 1 aliphatic heterocycles. The van der Waals surface area contributed by atoms with E-state index in [0.29, 0.717) is 21.8 Å². The zero-order chi connectivity index (χ0) is 25.3. The van der Waals surface area contributed by atoms with Gasteiger partial charge in [-0.3, -0.25) is 19.5 Å². The lowest BCUT2D eigenvalue weighted by Gasteiger charge is -2.25. The van der Waals surface area contributed by atoms with Crippen LogP contribution in [-0.4, -0.2) is 29.2 Å². The summed E-state index contributed by atoms with van der Waals surface area (Å²) in [6.45, 7) is 3.49. The first-order valence-corrected chi connectivity index (χ1v) is 11.4. The molecule has 3 aromatic rings. The summed E-state index contributed by atoms with van der Waals surface area (Å²) < 4.78 is 12.1. The number of nitro groups is 1. The summed E-state index contributed by atoms with van der Waals surface area (Å²) in [5.74, 6) is -0.859. The van der Waals surface area contributed by atoms with Crippen molar-refractivity contribution in [2.45, 2.75) is 19.9 Å². The number of fused-ring (bicyclic) bond motifs is 1. The number of carbonyl (C=O) groups excluding carboxylic acids is 1. The maximum absolute atomic E-state index is 13.6. The summed E-state index contributed by atoms with van der Waals surface area (Å²) in [6.07, 6.45) is 1.31. The highest BCUT2D eigenvalue weighted by molar-refractivity contribution is 7.07. The van der Waals surface area contributed by atoms with Crippen molar-refractivity contribution in [1.29, 1.82) is 0 Å². The van der Waals surface area contributed by atoms with Gasteiger partial charge in [-0.15, -0.1) is 0 Å². The van der Waals surface area contributed by atoms with Crippen molar-refractivity contribution in [1.82, 2.24) is 4.57 Å². The SMILES string of the molecule is CCOC(=O)C1=C(C)N=c2s/c(=C/c3cccc([N+](=O)[O-])c3[O-])c(=O)n2[C@H]1c1cccc(OC)c1. The van der Waals surface area contributed by atoms with E-state index in [1.165, 1.54) is 29.9 Å². The number of hydrogen-bond donors (Lipinski definition) is 0. The standard InChI is InChI=1S/C24H21N3O7S/c1-4-34-23(30)19-13(2)25-24-26(20(19)14-7-5-9-16(11-14)33-3)22(29)18(35-24)12-15-8-6-10-17(21(15)28)27(31)32/h5-12,20,28H,4H2,1-3H3/p-1/b18-12+/t20-/m0/s1. The Balaban J connectivity index is 1.98. The van der Waals surface area contributed by atoms with Crippen LogP contribution >= 0.6 is 11.3 Å². The molecule has 180 valence electrons. The molecule has 11 heteroatoms. The van der Waals surface area contributed by atoms with E-state index >= 15 is 0 Å². The van der Waals surface area contributed by atoms with Gasteiger partial charge in [0.25, 0.3) is 11.2 Å². The molecule has 0 saturated heterocycles. The van der Waals surface area contributed by atoms with Crippen LogP contribution < -0.4 is 24.7 Å². The number of carbonyl (C=O) groups is 1. The molecule has 2 heterocycles. The second kappa shape index (κ2) is 9.55. The van der Waals surface area contributed by atoms with Crippen LogP contribution in [0.25, 0.3) is 6.08 Å². The first-order valence-electron chi connectivity index (χ1n) is 10.5. The Morgan fingerprint density at radius 3 is 2.71 bits per heavy atom. The van der Waals surface area contributed by atoms with Gasteiger partial charge in [-0.2, -0.15) is 0 Å². The molecule has 0 amide bonds. The normalized spacial score (nSPS) is 15.4. The summed E-state index contributed by atoms with van der Waals surface area (Å²) in [6, 6.07) is 10.0. The van der Waals surface area contributed by atoms with E-state index in [0.717, 1.165) is 17.4 Å². The van der Waals surface area contributed by atoms with E-state index in [1.807, 2.05) is 0 Å². The predicted octanol–water partition coefficient (Wildman–Crippen LogP) is 1.79. The first kappa shape index (κ1) is 23.9. The topological polar surface area (TPSA) is 136 Å². The van der Waals surface area contributed by atoms with Gasteiger partial charge in [0.2, 0.25) is 0 Å². The lowest BCUT2D eigenvalue weighted by Crippen LogP contribution is -2.40. The lowest BCUT2D eigenvalue weighted by molar-refractivity contribution is -0.398. The number of nitrogens with zero attached hydrogens (tertiary/aromatic N) is 3. The highest BCUT2D eigenvalue weighted by Gasteiger charge is 2.33. The van der Waals surface area contributed by atoms with Crippen LogP contribution in [0.2, 0.25) is 0 Å². The van der Waals surface area contributed by atoms with Gasteiger partial charge in [-0.05, 0) is 48.9 Å². The van der Waals surface area contributed by atoms with Crippen molar-refractivity contribution in [3.8, 4) is 11.5 Å². The van der Waals surface area contributed by atoms with Crippen LogP contribution in [0, 0.1) is 10.1 Å². The molecule has 0 radical (unpaired) electrons. The molecule has 35 heavy (non-hydrogen) atoms. The molecular weight excluding hydrogens is 474 g/mol. The predicted molar refractivity (Wildman–Crippen MR) is 126 cm³/mol. The molecule has 1 aromatic heterocycles. The number of methoxy groups -OCH3 is 1. The number of aromatic nitrogens is 1. The number of allylic oxidation sites excluding steroid dienone is 1. The van der Waals surface area contributed by atoms with Gasteiger partial charge in [0.05, 0.1) is 40.5 Å². The fourth-order valence-electron chi connectivity index (χ4n) is 3.86. The second-order valence-electron chi connectivity index (χ2n) is 7.53. The van der Waals surface area contributed by atoms with E-state index in [2.05, 4.69) is 4.99 Å². The maximum atomic E-state index is 13.6. The van der Waals surface area contributed by atoms with Crippen molar-refractivity contribution in [2.24, 2.45) is 4.99 Å². The van der Waals surface area contributed by atoms with E-state index in [-0.39, 0.29) is 22.3 Å². The number of esters is 1. The van der Waals surface area contributed by atoms with Crippen molar-refractivity contribution >= 4 is 29.1 Å². The fraction of sp³-hybridized carbons (Fsp3) is 0.208. The van der Waals surface area contributed by atoms with Gasteiger partial charge in [0.1, 0.15) is 5.75 Å². The molecule has 0 N–H and O–H groups in total. The maximum Gasteiger partial charge on any atom is 0.338 e. The number of ether oxygens (including phenoxy) is 2. The van der Waals surface area contributed by atoms with Crippen molar-refractivity contribution in [2.75, 3.05) is 13.7 Å². The number of benzene rings is 2. The Kier molecular flexibility index (Phi) is 6.52. The molecule has 0 bridgehead atoms. The Morgan fingerprint density at radius 1 is 1.29 bits per heavy atom. The average molecular weight is 495 g/mol. The van der Waals surface area contributed by atoms with Crippen LogP contribution in [0.1, 0.15) is 31.0 Å². The molecular formula is C24H20N3O7S-. The van der Waals surface area contributed by atoms with Crippen LogP contribution in [-0.2, 0) is 9.53 Å². The van der Waals surface area contributed by atoms with E-state index in [9.17, 15) is 24.8 Å². The Morgan fingerprint density at radius 2 is 2.03 bits per heavy atom. The van der Waals surface area contributed by atoms with Gasteiger partial charge in [-0.25, -0.2) is 9.79 Å². The summed E-state index contributed by atoms with van der Waals surface area (Å²) in [7, 11) is 1.51. The lowest BCUT2D eigenvalue weighted by atomic mass is 9.95. The van der Waals surface area contributed by atoms with Crippen molar-refractivity contribution in [3.05, 3.63) is 94.7 Å². The van der Waals surface area contributed by atoms with Crippen LogP contribution in [0.15, 0.2) is 63.5 Å². The van der Waals surface area contributed by atoms with Gasteiger partial charge >= 0.3 is 5.97 Å². The molecule has 1 aliphatic rings. The molecule has 0 fully saturated rings. The summed E-state index contributed by atoms with van der Waals surface area (Å²) in [5.41, 5.74) is 0.129. The summed E-state index contributed by atoms with van der Waals surface area (Å²) >= 11 is 1.02. The minimum absolute atomic E-state index is 0.00345. The number of para-hydroxylation sites is 1. The second-order valence-corrected chi connectivity index (χ2v) is 8.54. The molecule has 0 unspecified atom stereocenters. The number of nitro benzene ring substituents is 1. The van der Waals surface area contributed by atoms with Crippen LogP contribution in [0.5, 0.6) is 11.5 Å². The smallest absolute Gasteiger partial charge is 0.338 e. The Bertz CT molecular complexity index is 1550. The first-order chi connectivity index (χ1) is 16.8. The molecule has 2 aromatic carbocycles. The molecule has 4 rings (SSSR count). The van der Waals surface area contributed by atoms with Crippen LogP contribution in [0.4, 0.5) is 5.69 Å². The zero-order valence-corrected chi connectivity index (χ0v) is 19.8. The molecule has 10 nitrogen and oxygen atoms in total. The number of hydrogen-bond acceptors (Lipinski definition) is 9. The van der Waals surface area contributed by atoms with Crippen molar-refractivity contribution < 1.29 is 24.3 Å². The minimum Gasteiger partial charge on any atom is -0.867 e. The molecule has 0 saturated carbocycles. The third-order valence-electron chi connectivity index (χ3n) is 5.43. The Labute approximate surface area is 202 Å². The average Bonchev–Trinajstić information content (AvgIpc) is 3.13. The molecule has 0 spiro atoms. The number of rotatable bonds is 6. The van der Waals surface area contributed by atoms with Crippen LogP contribution in [0.3, 0.4) is 0 Å². The van der Waals surface area contributed by atoms with Gasteiger partial charge in [-0.1, -0.05) is 35.6 Å². The largest absolute Gasteiger partial charge is 0.867 e. The van der Waals surface area contributed by atoms with E-state index < -0.39 is 33.9 Å². The van der Waals surface area contributed by atoms with Gasteiger partial charge in [0.15, 0.2) is 4.80 Å². The molecule has 0 aliphatic carbocycles. The molecule has 1 atom stereocenters. The van der Waals surface area contributed by atoms with Crippen molar-refractivity contribution in [3.63, 3.8) is 0 Å². The van der Waals surface area contributed by atoms with Gasteiger partial charge < -0.3 is 14.6 Å². The van der Waals surface area contributed by atoms with E-state index in [1.54, 1.807) is 38.1 Å². The monoisotopic (exact) mass is 494 g/mol. The highest BCUT2D eigenvalue weighted by Crippen LogP contribution is 2.32. The van der Waals surface area contributed by atoms with Gasteiger partial charge in [0, 0.05) is 6.07 Å². The van der Waals surface area contributed by atoms with E-state index in [4.69, 9.17) is 9.47 Å². The Hall–Kier alpha value is -4.25. The highest BCUT2D eigenvalue weighted by atomic mass is 32.1. The summed E-state index contributed by atoms with van der Waals surface area (Å²) in [5, 5.41) is 23.7. The third kappa shape index (κ3) is 4.33. The number of thiazole rings is 1. The minimum atomic E-state index is -0.848.